The highest BCUT2D eigenvalue weighted by Crippen LogP contribution is 2.22. The number of carbonyl (C=O) groups excluding carboxylic acids is 3. The minimum atomic E-state index is -1.97. The molecule has 0 radical (unpaired) electrons. The third-order valence-electron chi connectivity index (χ3n) is 4.39. The van der Waals surface area contributed by atoms with Crippen LogP contribution in [0.15, 0.2) is 18.2 Å². The lowest BCUT2D eigenvalue weighted by Crippen LogP contribution is -2.59. The van der Waals surface area contributed by atoms with Crippen molar-refractivity contribution >= 4 is 38.5 Å². The van der Waals surface area contributed by atoms with Crippen LogP contribution < -0.4 is 9.72 Å². The van der Waals surface area contributed by atoms with Crippen LogP contribution in [0.2, 0.25) is 11.1 Å². The Hall–Kier alpha value is -2.33. The molecule has 1 saturated heterocycles. The molecule has 2 amide bonds. The van der Waals surface area contributed by atoms with E-state index in [0.29, 0.717) is 12.5 Å². The summed E-state index contributed by atoms with van der Waals surface area (Å²) in [7, 11) is -1.97. The number of carbonyl (C=O) groups is 3. The summed E-state index contributed by atoms with van der Waals surface area (Å²) in [5.74, 6) is -1.33. The zero-order valence-electron chi connectivity index (χ0n) is 18.1. The van der Waals surface area contributed by atoms with Gasteiger partial charge in [-0.1, -0.05) is 11.6 Å². The molecule has 0 saturated carbocycles. The van der Waals surface area contributed by atoms with Gasteiger partial charge in [0.05, 0.1) is 11.6 Å². The molecule has 31 heavy (non-hydrogen) atoms. The van der Waals surface area contributed by atoms with Crippen LogP contribution in [0.5, 0.6) is 5.75 Å². The van der Waals surface area contributed by atoms with Crippen LogP contribution in [0.1, 0.15) is 34.1 Å². The molecule has 0 bridgehead atoms. The van der Waals surface area contributed by atoms with E-state index < -0.39 is 38.5 Å². The fourth-order valence-electron chi connectivity index (χ4n) is 3.08. The van der Waals surface area contributed by atoms with Crippen LogP contribution in [0.3, 0.4) is 0 Å². The number of nitrogens with one attached hydrogen (secondary N) is 1. The number of ether oxygens (including phenoxy) is 3. The first kappa shape index (κ1) is 24.9. The number of nitrogens with zero attached hydrogens (tertiary/aromatic N) is 1. The Balaban J connectivity index is 1.98. The van der Waals surface area contributed by atoms with Crippen LogP contribution in [0.4, 0.5) is 9.18 Å². The van der Waals surface area contributed by atoms with Crippen molar-refractivity contribution in [2.45, 2.75) is 51.8 Å². The number of esters is 1. The normalized spacial score (nSPS) is 18.8. The van der Waals surface area contributed by atoms with E-state index in [1.54, 1.807) is 27.7 Å². The van der Waals surface area contributed by atoms with Crippen molar-refractivity contribution in [3.63, 3.8) is 0 Å². The molecule has 1 aliphatic heterocycles. The van der Waals surface area contributed by atoms with E-state index >= 15 is 0 Å². The zero-order valence-corrected chi connectivity index (χ0v) is 20.0. The SMILES string of the molecule is CCOC(=O)[C@H]1CC[Si@H](NC(=O)COc2ccc(Cl)c(F)c2)CN1C(=O)OC(C)(C)C. The first-order chi connectivity index (χ1) is 14.5. The van der Waals surface area contributed by atoms with Gasteiger partial charge in [-0.2, -0.15) is 0 Å². The predicted molar refractivity (Wildman–Crippen MR) is 115 cm³/mol. The number of hydrogen-bond acceptors (Lipinski definition) is 6. The maximum absolute atomic E-state index is 13.5. The first-order valence-electron chi connectivity index (χ1n) is 10.0. The van der Waals surface area contributed by atoms with Gasteiger partial charge in [-0.15, -0.1) is 0 Å². The molecule has 172 valence electrons. The summed E-state index contributed by atoms with van der Waals surface area (Å²) in [5.41, 5.74) is -0.726. The van der Waals surface area contributed by atoms with Crippen molar-refractivity contribution < 1.29 is 33.0 Å². The van der Waals surface area contributed by atoms with Gasteiger partial charge in [-0.3, -0.25) is 9.69 Å². The Morgan fingerprint density at radius 2 is 2.03 bits per heavy atom. The molecule has 2 atom stereocenters. The highest BCUT2D eigenvalue weighted by Gasteiger charge is 2.40. The minimum absolute atomic E-state index is 0.0372. The van der Waals surface area contributed by atoms with Crippen LogP contribution in [-0.4, -0.2) is 62.9 Å². The van der Waals surface area contributed by atoms with Gasteiger partial charge in [0.25, 0.3) is 0 Å². The second-order valence-electron chi connectivity index (χ2n) is 8.11. The maximum atomic E-state index is 13.5. The Bertz CT molecular complexity index is 819. The summed E-state index contributed by atoms with van der Waals surface area (Å²) in [6.07, 6.45) is -0.0250. The van der Waals surface area contributed by atoms with Gasteiger partial charge in [-0.25, -0.2) is 14.0 Å². The van der Waals surface area contributed by atoms with Crippen LogP contribution in [0, 0.1) is 5.82 Å². The van der Waals surface area contributed by atoms with Crippen molar-refractivity contribution in [1.82, 2.24) is 9.88 Å². The molecular weight excluding hydrogens is 447 g/mol. The monoisotopic (exact) mass is 474 g/mol. The average molecular weight is 475 g/mol. The second-order valence-corrected chi connectivity index (χ2v) is 11.1. The van der Waals surface area contributed by atoms with E-state index in [0.717, 1.165) is 6.07 Å². The van der Waals surface area contributed by atoms with Crippen molar-refractivity contribution in [2.24, 2.45) is 0 Å². The van der Waals surface area contributed by atoms with Gasteiger partial charge in [0.1, 0.15) is 23.2 Å². The molecule has 8 nitrogen and oxygen atoms in total. The fourth-order valence-corrected chi connectivity index (χ4v) is 5.75. The molecule has 11 heteroatoms. The number of amides is 2. The molecule has 1 heterocycles. The van der Waals surface area contributed by atoms with E-state index in [2.05, 4.69) is 4.98 Å². The van der Waals surface area contributed by atoms with Gasteiger partial charge >= 0.3 is 12.1 Å². The summed E-state index contributed by atoms with van der Waals surface area (Å²) in [5, 5.41) is -0.0372. The van der Waals surface area contributed by atoms with E-state index in [9.17, 15) is 18.8 Å². The molecule has 1 aromatic rings. The van der Waals surface area contributed by atoms with E-state index in [4.69, 9.17) is 25.8 Å². The van der Waals surface area contributed by atoms with Crippen molar-refractivity contribution in [2.75, 3.05) is 19.4 Å². The lowest BCUT2D eigenvalue weighted by Gasteiger charge is -2.38. The second kappa shape index (κ2) is 10.8. The first-order valence-corrected chi connectivity index (χ1v) is 12.6. The van der Waals surface area contributed by atoms with Gasteiger partial charge in [0.15, 0.2) is 15.6 Å². The summed E-state index contributed by atoms with van der Waals surface area (Å²) < 4.78 is 29.3. The molecule has 0 unspecified atom stereocenters. The van der Waals surface area contributed by atoms with E-state index in [1.807, 2.05) is 0 Å². The smallest absolute Gasteiger partial charge is 0.410 e. The summed E-state index contributed by atoms with van der Waals surface area (Å²) >= 11 is 5.63. The van der Waals surface area contributed by atoms with Gasteiger partial charge < -0.3 is 19.2 Å². The molecular formula is C20H28ClFN2O6Si. The lowest BCUT2D eigenvalue weighted by molar-refractivity contribution is -0.149. The highest BCUT2D eigenvalue weighted by atomic mass is 35.5. The maximum Gasteiger partial charge on any atom is 0.410 e. The number of benzene rings is 1. The Kier molecular flexibility index (Phi) is 8.69. The zero-order chi connectivity index (χ0) is 23.2. The average Bonchev–Trinajstić information content (AvgIpc) is 2.67. The van der Waals surface area contributed by atoms with Crippen LogP contribution in [0.25, 0.3) is 0 Å². The molecule has 1 fully saturated rings. The van der Waals surface area contributed by atoms with Crippen LogP contribution >= 0.6 is 11.6 Å². The van der Waals surface area contributed by atoms with E-state index in [1.165, 1.54) is 17.0 Å². The number of rotatable bonds is 6. The summed E-state index contributed by atoms with van der Waals surface area (Å²) in [6, 6.07) is 3.76. The van der Waals surface area contributed by atoms with Crippen molar-refractivity contribution in [3.05, 3.63) is 29.0 Å². The third-order valence-corrected chi connectivity index (χ3v) is 7.30. The number of hydrogen-bond donors (Lipinski definition) is 1. The lowest BCUT2D eigenvalue weighted by atomic mass is 10.2. The highest BCUT2D eigenvalue weighted by molar-refractivity contribution is 6.59. The molecule has 1 aliphatic rings. The number of halogens is 2. The molecule has 0 aliphatic carbocycles. The topological polar surface area (TPSA) is 94.2 Å². The van der Waals surface area contributed by atoms with Crippen LogP contribution in [-0.2, 0) is 19.1 Å². The van der Waals surface area contributed by atoms with Crippen molar-refractivity contribution in [1.29, 1.82) is 0 Å². The van der Waals surface area contributed by atoms with Crippen molar-refractivity contribution in [3.8, 4) is 5.75 Å². The minimum Gasteiger partial charge on any atom is -0.484 e. The van der Waals surface area contributed by atoms with E-state index in [-0.39, 0.29) is 36.1 Å². The summed E-state index contributed by atoms with van der Waals surface area (Å²) in [6.45, 7) is 6.81. The van der Waals surface area contributed by atoms with Gasteiger partial charge in [-0.05, 0) is 52.3 Å². The fraction of sp³-hybridized carbons (Fsp3) is 0.550. The Morgan fingerprint density at radius 3 is 2.65 bits per heavy atom. The quantitative estimate of drug-likeness (QED) is 0.503. The molecule has 0 spiro atoms. The predicted octanol–water partition coefficient (Wildman–Crippen LogP) is 2.81. The molecule has 0 aromatic heterocycles. The van der Waals surface area contributed by atoms with Gasteiger partial charge in [0.2, 0.25) is 5.91 Å². The Morgan fingerprint density at radius 1 is 1.32 bits per heavy atom. The standard InChI is InChI=1S/C20H28ClFN2O6Si/c1-5-28-18(26)16-8-9-31(12-24(16)19(27)30-20(2,3)4)23-17(25)11-29-13-6-7-14(21)15(22)10-13/h6-7,10,16,31H,5,8-9,11-12H2,1-4H3,(H,23,25)/t16-,31+/m1/s1. The van der Waals surface area contributed by atoms with Gasteiger partial charge in [0, 0.05) is 12.2 Å². The summed E-state index contributed by atoms with van der Waals surface area (Å²) in [4.78, 5) is 41.6. The molecule has 1 N–H and O–H groups in total. The molecule has 2 rings (SSSR count). The Labute approximate surface area is 187 Å². The molecule has 1 aromatic carbocycles. The third kappa shape index (κ3) is 7.70. The largest absolute Gasteiger partial charge is 0.484 e.